The van der Waals surface area contributed by atoms with Gasteiger partial charge in [-0.1, -0.05) is 15.9 Å². The molecular weight excluding hydrogens is 334 g/mol. The molecule has 6 heteroatoms. The zero-order chi connectivity index (χ0) is 15.4. The molecule has 1 heterocycles. The molecule has 1 aromatic carbocycles. The summed E-state index contributed by atoms with van der Waals surface area (Å²) in [6.07, 6.45) is 0. The molecule has 1 amide bonds. The first kappa shape index (κ1) is 15.3. The highest BCUT2D eigenvalue weighted by Gasteiger charge is 2.10. The second kappa shape index (κ2) is 6.58. The second-order valence-corrected chi connectivity index (χ2v) is 5.38. The first-order valence-corrected chi connectivity index (χ1v) is 7.13. The summed E-state index contributed by atoms with van der Waals surface area (Å²) in [5.41, 5.74) is 1.98. The van der Waals surface area contributed by atoms with Crippen molar-refractivity contribution >= 4 is 33.3 Å². The van der Waals surface area contributed by atoms with Crippen LogP contribution in [0.4, 0.5) is 11.5 Å². The van der Waals surface area contributed by atoms with Crippen molar-refractivity contribution in [2.45, 2.75) is 6.92 Å². The summed E-state index contributed by atoms with van der Waals surface area (Å²) >= 11 is 3.38. The van der Waals surface area contributed by atoms with Crippen LogP contribution in [0.15, 0.2) is 34.8 Å². The zero-order valence-electron chi connectivity index (χ0n) is 12.0. The summed E-state index contributed by atoms with van der Waals surface area (Å²) in [7, 11) is 3.35. The Morgan fingerprint density at radius 2 is 2.00 bits per heavy atom. The van der Waals surface area contributed by atoms with Crippen LogP contribution in [0.25, 0.3) is 0 Å². The SMILES string of the molecule is CNc1cc(C(=O)Nc2cc(Br)cc(OC)c2)cc(C)n1. The first-order valence-electron chi connectivity index (χ1n) is 6.34. The molecule has 0 atom stereocenters. The highest BCUT2D eigenvalue weighted by atomic mass is 79.9. The molecule has 0 saturated carbocycles. The molecule has 0 fully saturated rings. The molecule has 21 heavy (non-hydrogen) atoms. The van der Waals surface area contributed by atoms with Gasteiger partial charge in [0.1, 0.15) is 11.6 Å². The maximum Gasteiger partial charge on any atom is 0.255 e. The molecule has 0 aliphatic carbocycles. The Kier molecular flexibility index (Phi) is 4.80. The number of benzene rings is 1. The quantitative estimate of drug-likeness (QED) is 0.887. The van der Waals surface area contributed by atoms with Gasteiger partial charge in [0.25, 0.3) is 5.91 Å². The van der Waals surface area contributed by atoms with E-state index < -0.39 is 0 Å². The first-order chi connectivity index (χ1) is 10.0. The molecule has 0 aliphatic rings. The minimum absolute atomic E-state index is 0.197. The number of pyridine rings is 1. The van der Waals surface area contributed by atoms with Crippen LogP contribution in [0.1, 0.15) is 16.1 Å². The number of amides is 1. The third-order valence-corrected chi connectivity index (χ3v) is 3.29. The van der Waals surface area contributed by atoms with Crippen LogP contribution in [-0.4, -0.2) is 25.0 Å². The lowest BCUT2D eigenvalue weighted by Gasteiger charge is -2.09. The number of anilines is 2. The largest absolute Gasteiger partial charge is 0.497 e. The average molecular weight is 350 g/mol. The van der Waals surface area contributed by atoms with Crippen molar-refractivity contribution in [3.05, 3.63) is 46.1 Å². The van der Waals surface area contributed by atoms with Gasteiger partial charge in [-0.25, -0.2) is 4.98 Å². The van der Waals surface area contributed by atoms with E-state index in [0.717, 1.165) is 10.2 Å². The molecule has 0 saturated heterocycles. The predicted molar refractivity (Wildman–Crippen MR) is 87.2 cm³/mol. The molecule has 0 bridgehead atoms. The smallest absolute Gasteiger partial charge is 0.255 e. The Hall–Kier alpha value is -2.08. The molecule has 1 aromatic heterocycles. The molecule has 0 aliphatic heterocycles. The van der Waals surface area contributed by atoms with Crippen LogP contribution >= 0.6 is 15.9 Å². The van der Waals surface area contributed by atoms with Crippen LogP contribution in [0.5, 0.6) is 5.75 Å². The van der Waals surface area contributed by atoms with Crippen LogP contribution < -0.4 is 15.4 Å². The van der Waals surface area contributed by atoms with Gasteiger partial charge in [0.05, 0.1) is 7.11 Å². The summed E-state index contributed by atoms with van der Waals surface area (Å²) < 4.78 is 6.01. The second-order valence-electron chi connectivity index (χ2n) is 4.47. The maximum absolute atomic E-state index is 12.3. The molecule has 2 N–H and O–H groups in total. The van der Waals surface area contributed by atoms with Crippen molar-refractivity contribution in [3.63, 3.8) is 0 Å². The average Bonchev–Trinajstić information content (AvgIpc) is 2.45. The number of hydrogen-bond donors (Lipinski definition) is 2. The van der Waals surface area contributed by atoms with Gasteiger partial charge >= 0.3 is 0 Å². The Balaban J connectivity index is 2.25. The number of aromatic nitrogens is 1. The zero-order valence-corrected chi connectivity index (χ0v) is 13.6. The molecular formula is C15H16BrN3O2. The number of halogens is 1. The lowest BCUT2D eigenvalue weighted by molar-refractivity contribution is 0.102. The van der Waals surface area contributed by atoms with E-state index in [1.165, 1.54) is 0 Å². The van der Waals surface area contributed by atoms with Crippen molar-refractivity contribution in [2.75, 3.05) is 24.8 Å². The number of ether oxygens (including phenoxy) is 1. The lowest BCUT2D eigenvalue weighted by Crippen LogP contribution is -2.13. The van der Waals surface area contributed by atoms with E-state index in [1.54, 1.807) is 32.4 Å². The highest BCUT2D eigenvalue weighted by Crippen LogP contribution is 2.25. The summed E-state index contributed by atoms with van der Waals surface area (Å²) in [6.45, 7) is 1.85. The number of nitrogens with zero attached hydrogens (tertiary/aromatic N) is 1. The number of hydrogen-bond acceptors (Lipinski definition) is 4. The van der Waals surface area contributed by atoms with Crippen molar-refractivity contribution in [1.82, 2.24) is 4.98 Å². The van der Waals surface area contributed by atoms with Gasteiger partial charge in [0.2, 0.25) is 0 Å². The summed E-state index contributed by atoms with van der Waals surface area (Å²) in [4.78, 5) is 16.6. The monoisotopic (exact) mass is 349 g/mol. The van der Waals surface area contributed by atoms with Gasteiger partial charge in [-0.3, -0.25) is 4.79 Å². The Bertz CT molecular complexity index is 674. The van der Waals surface area contributed by atoms with Gasteiger partial charge in [-0.2, -0.15) is 0 Å². The predicted octanol–water partition coefficient (Wildman–Crippen LogP) is 3.46. The lowest BCUT2D eigenvalue weighted by atomic mass is 10.2. The maximum atomic E-state index is 12.3. The van der Waals surface area contributed by atoms with E-state index in [4.69, 9.17) is 4.74 Å². The molecule has 2 rings (SSSR count). The van der Waals surface area contributed by atoms with Crippen LogP contribution in [0, 0.1) is 6.92 Å². The van der Waals surface area contributed by atoms with E-state index in [-0.39, 0.29) is 5.91 Å². The van der Waals surface area contributed by atoms with E-state index in [2.05, 4.69) is 31.5 Å². The summed E-state index contributed by atoms with van der Waals surface area (Å²) in [5.74, 6) is 1.13. The fraction of sp³-hybridized carbons (Fsp3) is 0.200. The number of rotatable bonds is 4. The molecule has 0 radical (unpaired) electrons. The Morgan fingerprint density at radius 1 is 1.24 bits per heavy atom. The molecule has 0 spiro atoms. The van der Waals surface area contributed by atoms with Crippen LogP contribution in [0.2, 0.25) is 0 Å². The normalized spacial score (nSPS) is 10.1. The van der Waals surface area contributed by atoms with E-state index in [1.807, 2.05) is 19.1 Å². The fourth-order valence-electron chi connectivity index (χ4n) is 1.88. The number of methoxy groups -OCH3 is 1. The highest BCUT2D eigenvalue weighted by molar-refractivity contribution is 9.10. The minimum Gasteiger partial charge on any atom is -0.497 e. The van der Waals surface area contributed by atoms with Crippen molar-refractivity contribution in [2.24, 2.45) is 0 Å². The molecule has 5 nitrogen and oxygen atoms in total. The minimum atomic E-state index is -0.197. The molecule has 0 unspecified atom stereocenters. The van der Waals surface area contributed by atoms with Crippen molar-refractivity contribution in [3.8, 4) is 5.75 Å². The number of aryl methyl sites for hydroxylation is 1. The number of carbonyl (C=O) groups excluding carboxylic acids is 1. The summed E-state index contributed by atoms with van der Waals surface area (Å²) in [5, 5.41) is 5.78. The molecule has 2 aromatic rings. The van der Waals surface area contributed by atoms with Crippen molar-refractivity contribution < 1.29 is 9.53 Å². The standard InChI is InChI=1S/C15H16BrN3O2/c1-9-4-10(5-14(17-2)18-9)15(20)19-12-6-11(16)7-13(8-12)21-3/h4-8H,1-3H3,(H,17,18)(H,19,20). The van der Waals surface area contributed by atoms with E-state index in [9.17, 15) is 4.79 Å². The van der Waals surface area contributed by atoms with Gasteiger partial charge in [0.15, 0.2) is 0 Å². The van der Waals surface area contributed by atoms with E-state index in [0.29, 0.717) is 22.8 Å². The topological polar surface area (TPSA) is 63.2 Å². The Morgan fingerprint density at radius 3 is 2.67 bits per heavy atom. The van der Waals surface area contributed by atoms with Crippen LogP contribution in [0.3, 0.4) is 0 Å². The van der Waals surface area contributed by atoms with E-state index >= 15 is 0 Å². The van der Waals surface area contributed by atoms with Crippen LogP contribution in [-0.2, 0) is 0 Å². The molecule has 110 valence electrons. The Labute approximate surface area is 131 Å². The van der Waals surface area contributed by atoms with Crippen molar-refractivity contribution in [1.29, 1.82) is 0 Å². The third-order valence-electron chi connectivity index (χ3n) is 2.84. The van der Waals surface area contributed by atoms with Gasteiger partial charge in [-0.15, -0.1) is 0 Å². The fourth-order valence-corrected chi connectivity index (χ4v) is 2.36. The van der Waals surface area contributed by atoms with Gasteiger partial charge in [-0.05, 0) is 31.2 Å². The number of carbonyl (C=O) groups is 1. The summed E-state index contributed by atoms with van der Waals surface area (Å²) in [6, 6.07) is 8.84. The van der Waals surface area contributed by atoms with Gasteiger partial charge < -0.3 is 15.4 Å². The number of nitrogens with one attached hydrogen (secondary N) is 2. The third kappa shape index (κ3) is 3.95. The van der Waals surface area contributed by atoms with Gasteiger partial charge in [0, 0.05) is 34.5 Å².